The lowest BCUT2D eigenvalue weighted by Crippen LogP contribution is -2.66. The van der Waals surface area contributed by atoms with E-state index in [0.29, 0.717) is 10.8 Å². The fourth-order valence-corrected chi connectivity index (χ4v) is 7.09. The molecule has 4 aliphatic rings. The highest BCUT2D eigenvalue weighted by atomic mass is 79.9. The van der Waals surface area contributed by atoms with Gasteiger partial charge in [0.25, 0.3) is 0 Å². The SMILES string of the molecule is COC12CC3(C)CC(C)(C1)CC(n1ncc(Br)c1C)(C3)C2. The summed E-state index contributed by atoms with van der Waals surface area (Å²) >= 11 is 3.64. The van der Waals surface area contributed by atoms with Gasteiger partial charge in [-0.05, 0) is 65.8 Å². The molecular weight excluding hydrogens is 328 g/mol. The van der Waals surface area contributed by atoms with Gasteiger partial charge in [0.05, 0.1) is 27.5 Å². The van der Waals surface area contributed by atoms with Crippen molar-refractivity contribution < 1.29 is 4.74 Å². The third-order valence-corrected chi connectivity index (χ3v) is 7.13. The molecule has 0 aliphatic heterocycles. The van der Waals surface area contributed by atoms with Crippen LogP contribution in [0.4, 0.5) is 0 Å². The number of aromatic nitrogens is 2. The Morgan fingerprint density at radius 2 is 1.71 bits per heavy atom. The molecule has 21 heavy (non-hydrogen) atoms. The van der Waals surface area contributed by atoms with E-state index >= 15 is 0 Å². The van der Waals surface area contributed by atoms with Gasteiger partial charge in [-0.3, -0.25) is 4.68 Å². The van der Waals surface area contributed by atoms with Crippen molar-refractivity contribution in [2.75, 3.05) is 7.11 Å². The average Bonchev–Trinajstić information content (AvgIpc) is 2.66. The highest BCUT2D eigenvalue weighted by Crippen LogP contribution is 2.70. The van der Waals surface area contributed by atoms with Crippen molar-refractivity contribution in [3.63, 3.8) is 0 Å². The van der Waals surface area contributed by atoms with E-state index < -0.39 is 0 Å². The maximum Gasteiger partial charge on any atom is 0.0712 e. The lowest BCUT2D eigenvalue weighted by atomic mass is 9.41. The van der Waals surface area contributed by atoms with E-state index in [-0.39, 0.29) is 11.1 Å². The highest BCUT2D eigenvalue weighted by Gasteiger charge is 2.67. The Bertz CT molecular complexity index is 590. The van der Waals surface area contributed by atoms with E-state index in [0.717, 1.165) is 10.9 Å². The monoisotopic (exact) mass is 352 g/mol. The second-order valence-corrected chi connectivity index (χ2v) is 9.64. The Morgan fingerprint density at radius 1 is 1.10 bits per heavy atom. The quantitative estimate of drug-likeness (QED) is 0.787. The van der Waals surface area contributed by atoms with Gasteiger partial charge in [-0.2, -0.15) is 5.10 Å². The number of ether oxygens (including phenoxy) is 1. The van der Waals surface area contributed by atoms with Crippen LogP contribution in [0.1, 0.15) is 58.1 Å². The van der Waals surface area contributed by atoms with E-state index in [1.807, 2.05) is 13.3 Å². The summed E-state index contributed by atoms with van der Waals surface area (Å²) in [6, 6.07) is 0. The van der Waals surface area contributed by atoms with Crippen molar-refractivity contribution in [3.8, 4) is 0 Å². The lowest BCUT2D eigenvalue weighted by molar-refractivity contribution is -0.231. The molecule has 5 rings (SSSR count). The van der Waals surface area contributed by atoms with Crippen LogP contribution >= 0.6 is 15.9 Å². The molecule has 2 unspecified atom stereocenters. The van der Waals surface area contributed by atoms with Gasteiger partial charge in [0.1, 0.15) is 0 Å². The molecule has 0 amide bonds. The first kappa shape index (κ1) is 14.3. The molecule has 4 heteroatoms. The zero-order valence-corrected chi connectivity index (χ0v) is 15.1. The summed E-state index contributed by atoms with van der Waals surface area (Å²) in [5.41, 5.74) is 2.25. The molecule has 3 nitrogen and oxygen atoms in total. The number of nitrogens with zero attached hydrogens (tertiary/aromatic N) is 2. The van der Waals surface area contributed by atoms with Crippen molar-refractivity contribution in [1.82, 2.24) is 9.78 Å². The van der Waals surface area contributed by atoms with Gasteiger partial charge in [-0.1, -0.05) is 13.8 Å². The summed E-state index contributed by atoms with van der Waals surface area (Å²) in [4.78, 5) is 0. The summed E-state index contributed by atoms with van der Waals surface area (Å²) in [7, 11) is 1.92. The number of methoxy groups -OCH3 is 1. The predicted molar refractivity (Wildman–Crippen MR) is 86.3 cm³/mol. The van der Waals surface area contributed by atoms with Gasteiger partial charge in [-0.15, -0.1) is 0 Å². The molecule has 0 aromatic carbocycles. The fourth-order valence-electron chi connectivity index (χ4n) is 6.83. The van der Waals surface area contributed by atoms with Gasteiger partial charge < -0.3 is 4.74 Å². The summed E-state index contributed by atoms with van der Waals surface area (Å²) in [6.45, 7) is 7.12. The highest BCUT2D eigenvalue weighted by molar-refractivity contribution is 9.10. The first-order chi connectivity index (χ1) is 9.73. The van der Waals surface area contributed by atoms with Gasteiger partial charge >= 0.3 is 0 Å². The molecule has 0 spiro atoms. The number of rotatable bonds is 2. The van der Waals surface area contributed by atoms with Crippen LogP contribution in [-0.4, -0.2) is 22.5 Å². The van der Waals surface area contributed by atoms with Crippen LogP contribution in [0.2, 0.25) is 0 Å². The Kier molecular flexibility index (Phi) is 2.67. The minimum Gasteiger partial charge on any atom is -0.378 e. The minimum atomic E-state index is 0.0586. The smallest absolute Gasteiger partial charge is 0.0712 e. The van der Waals surface area contributed by atoms with Crippen molar-refractivity contribution in [2.24, 2.45) is 10.8 Å². The predicted octanol–water partition coefficient (Wildman–Crippen LogP) is 4.43. The van der Waals surface area contributed by atoms with Crippen LogP contribution in [0.25, 0.3) is 0 Å². The van der Waals surface area contributed by atoms with Gasteiger partial charge in [-0.25, -0.2) is 0 Å². The fraction of sp³-hybridized carbons (Fsp3) is 0.824. The zero-order valence-electron chi connectivity index (χ0n) is 13.5. The molecule has 4 bridgehead atoms. The molecule has 0 radical (unpaired) electrons. The molecule has 116 valence electrons. The van der Waals surface area contributed by atoms with Crippen molar-refractivity contribution in [3.05, 3.63) is 16.4 Å². The van der Waals surface area contributed by atoms with Gasteiger partial charge in [0.15, 0.2) is 0 Å². The normalized spacial score (nSPS) is 48.0. The molecule has 1 aromatic rings. The lowest BCUT2D eigenvalue weighted by Gasteiger charge is -2.68. The first-order valence-electron chi connectivity index (χ1n) is 7.99. The Hall–Kier alpha value is -0.350. The minimum absolute atomic E-state index is 0.0586. The van der Waals surface area contributed by atoms with Crippen LogP contribution in [0.5, 0.6) is 0 Å². The van der Waals surface area contributed by atoms with Crippen molar-refractivity contribution in [1.29, 1.82) is 0 Å². The van der Waals surface area contributed by atoms with E-state index in [1.165, 1.54) is 37.8 Å². The third kappa shape index (κ3) is 1.84. The van der Waals surface area contributed by atoms with Crippen LogP contribution in [0.3, 0.4) is 0 Å². The van der Waals surface area contributed by atoms with Crippen LogP contribution in [-0.2, 0) is 10.3 Å². The Labute approximate surface area is 135 Å². The number of halogens is 1. The third-order valence-electron chi connectivity index (χ3n) is 6.35. The van der Waals surface area contributed by atoms with E-state index in [4.69, 9.17) is 9.84 Å². The Balaban J connectivity index is 1.88. The molecule has 2 atom stereocenters. The summed E-state index contributed by atoms with van der Waals surface area (Å²) in [6.07, 6.45) is 9.35. The van der Waals surface area contributed by atoms with Crippen molar-refractivity contribution >= 4 is 15.9 Å². The van der Waals surface area contributed by atoms with Crippen LogP contribution in [0, 0.1) is 17.8 Å². The molecule has 1 aromatic heterocycles. The first-order valence-corrected chi connectivity index (χ1v) is 8.78. The van der Waals surface area contributed by atoms with E-state index in [1.54, 1.807) is 0 Å². The second kappa shape index (κ2) is 3.94. The summed E-state index contributed by atoms with van der Waals surface area (Å²) in [5.74, 6) is 0. The second-order valence-electron chi connectivity index (χ2n) is 8.78. The molecule has 0 N–H and O–H groups in total. The van der Waals surface area contributed by atoms with Crippen LogP contribution < -0.4 is 0 Å². The molecule has 4 aliphatic carbocycles. The number of hydrogen-bond acceptors (Lipinski definition) is 2. The largest absolute Gasteiger partial charge is 0.378 e. The van der Waals surface area contributed by atoms with Gasteiger partial charge in [0, 0.05) is 13.5 Å². The Morgan fingerprint density at radius 3 is 2.19 bits per heavy atom. The maximum atomic E-state index is 6.12. The summed E-state index contributed by atoms with van der Waals surface area (Å²) < 4.78 is 9.56. The van der Waals surface area contributed by atoms with Gasteiger partial charge in [0.2, 0.25) is 0 Å². The topological polar surface area (TPSA) is 27.1 Å². The maximum absolute atomic E-state index is 6.12. The molecular formula is C17H25BrN2O. The molecule has 4 fully saturated rings. The molecule has 0 saturated heterocycles. The standard InChI is InChI=1S/C17H25BrN2O/c1-12-13(18)5-19-20(12)16-7-14(2)6-15(3,8-16)10-17(9-14,11-16)21-4/h5H,6-11H2,1-4H3. The number of hydrogen-bond donors (Lipinski definition) is 0. The van der Waals surface area contributed by atoms with E-state index in [2.05, 4.69) is 41.4 Å². The zero-order chi connectivity index (χ0) is 15.1. The average molecular weight is 353 g/mol. The van der Waals surface area contributed by atoms with Crippen LogP contribution in [0.15, 0.2) is 10.7 Å². The summed E-state index contributed by atoms with van der Waals surface area (Å²) in [5, 5.41) is 4.75. The molecule has 1 heterocycles. The van der Waals surface area contributed by atoms with E-state index in [9.17, 15) is 0 Å². The van der Waals surface area contributed by atoms with Crippen molar-refractivity contribution in [2.45, 2.75) is 70.4 Å². The molecule has 4 saturated carbocycles.